The monoisotopic (exact) mass is 223 g/mol. The second-order valence-corrected chi connectivity index (χ2v) is 4.94. The summed E-state index contributed by atoms with van der Waals surface area (Å²) < 4.78 is 5.45. The second-order valence-electron chi connectivity index (χ2n) is 4.94. The number of carbonyl (C=O) groups excluding carboxylic acids is 1. The maximum Gasteiger partial charge on any atom is 0.221 e. The van der Waals surface area contributed by atoms with Crippen LogP contribution in [0.2, 0.25) is 0 Å². The number of hydrogen-bond donors (Lipinski definition) is 1. The van der Waals surface area contributed by atoms with Gasteiger partial charge >= 0.3 is 0 Å². The highest BCUT2D eigenvalue weighted by atomic mass is 16.5. The van der Waals surface area contributed by atoms with Gasteiger partial charge in [0.2, 0.25) is 5.91 Å². The summed E-state index contributed by atoms with van der Waals surface area (Å²) in [6.07, 6.45) is 8.23. The molecule has 3 nitrogen and oxygen atoms in total. The van der Waals surface area contributed by atoms with Crippen LogP contribution in [0.5, 0.6) is 0 Å². The lowest BCUT2D eigenvalue weighted by Gasteiger charge is -2.35. The minimum absolute atomic E-state index is 0.0444. The van der Waals surface area contributed by atoms with E-state index < -0.39 is 5.54 Å². The fourth-order valence-electron chi connectivity index (χ4n) is 1.91. The average Bonchev–Trinajstić information content (AvgIpc) is 2.14. The molecule has 0 bridgehead atoms. The average molecular weight is 223 g/mol. The fraction of sp³-hybridized carbons (Fsp3) is 0.769. The van der Waals surface area contributed by atoms with Gasteiger partial charge in [-0.15, -0.1) is 6.42 Å². The Kier molecular flexibility index (Phi) is 4.37. The van der Waals surface area contributed by atoms with Gasteiger partial charge in [-0.2, -0.15) is 0 Å². The molecule has 0 atom stereocenters. The summed E-state index contributed by atoms with van der Waals surface area (Å²) in [6.45, 7) is 6.41. The molecule has 0 aliphatic heterocycles. The third kappa shape index (κ3) is 3.86. The van der Waals surface area contributed by atoms with Crippen LogP contribution in [0.3, 0.4) is 0 Å². The second kappa shape index (κ2) is 5.36. The van der Waals surface area contributed by atoms with E-state index in [9.17, 15) is 4.79 Å². The quantitative estimate of drug-likeness (QED) is 0.721. The lowest BCUT2D eigenvalue weighted by atomic mass is 9.79. The summed E-state index contributed by atoms with van der Waals surface area (Å²) in [5, 5.41) is 2.84. The molecule has 0 aromatic carbocycles. The first-order chi connectivity index (χ1) is 7.46. The summed E-state index contributed by atoms with van der Waals surface area (Å²) in [5.74, 6) is 3.06. The molecule has 1 rings (SSSR count). The van der Waals surface area contributed by atoms with E-state index in [0.717, 1.165) is 19.4 Å². The zero-order valence-corrected chi connectivity index (χ0v) is 10.4. The van der Waals surface area contributed by atoms with Crippen molar-refractivity contribution >= 4 is 5.91 Å². The number of hydrogen-bond acceptors (Lipinski definition) is 2. The van der Waals surface area contributed by atoms with E-state index in [0.29, 0.717) is 18.4 Å². The summed E-state index contributed by atoms with van der Waals surface area (Å²) >= 11 is 0. The molecule has 0 heterocycles. The van der Waals surface area contributed by atoms with Gasteiger partial charge in [0.25, 0.3) is 0 Å². The van der Waals surface area contributed by atoms with Crippen LogP contribution in [-0.4, -0.2) is 24.2 Å². The molecule has 3 heteroatoms. The standard InChI is InChI=1S/C13H21NO2/c1-5-13(3,4)14-12(15)9-10-7-11(8-10)16-6-2/h1,10-11H,6-9H2,2-4H3,(H,14,15). The molecule has 90 valence electrons. The molecule has 1 aliphatic carbocycles. The molecule has 0 aromatic rings. The Morgan fingerprint density at radius 3 is 2.69 bits per heavy atom. The zero-order chi connectivity index (χ0) is 12.2. The Balaban J connectivity index is 2.20. The van der Waals surface area contributed by atoms with Gasteiger partial charge in [-0.3, -0.25) is 4.79 Å². The van der Waals surface area contributed by atoms with E-state index in [-0.39, 0.29) is 5.91 Å². The molecule has 0 saturated heterocycles. The van der Waals surface area contributed by atoms with Crippen LogP contribution in [0.15, 0.2) is 0 Å². The number of rotatable bonds is 5. The van der Waals surface area contributed by atoms with Crippen LogP contribution in [-0.2, 0) is 9.53 Å². The highest BCUT2D eigenvalue weighted by molar-refractivity contribution is 5.77. The third-order valence-corrected chi connectivity index (χ3v) is 2.88. The molecule has 0 radical (unpaired) electrons. The van der Waals surface area contributed by atoms with Gasteiger partial charge in [-0.1, -0.05) is 5.92 Å². The third-order valence-electron chi connectivity index (χ3n) is 2.88. The molecular weight excluding hydrogens is 202 g/mol. The molecule has 0 aromatic heterocycles. The van der Waals surface area contributed by atoms with Gasteiger partial charge in [0.15, 0.2) is 0 Å². The Bertz CT molecular complexity index is 285. The van der Waals surface area contributed by atoms with E-state index in [1.54, 1.807) is 0 Å². The molecule has 1 saturated carbocycles. The van der Waals surface area contributed by atoms with Crippen molar-refractivity contribution in [1.29, 1.82) is 0 Å². The lowest BCUT2D eigenvalue weighted by Crippen LogP contribution is -2.44. The highest BCUT2D eigenvalue weighted by Crippen LogP contribution is 2.32. The predicted molar refractivity (Wildman–Crippen MR) is 63.8 cm³/mol. The largest absolute Gasteiger partial charge is 0.378 e. The van der Waals surface area contributed by atoms with E-state index in [4.69, 9.17) is 11.2 Å². The summed E-state index contributed by atoms with van der Waals surface area (Å²) in [7, 11) is 0. The van der Waals surface area contributed by atoms with Crippen molar-refractivity contribution in [2.24, 2.45) is 5.92 Å². The van der Waals surface area contributed by atoms with Gasteiger partial charge in [0.05, 0.1) is 11.6 Å². The van der Waals surface area contributed by atoms with Gasteiger partial charge < -0.3 is 10.1 Å². The molecule has 0 spiro atoms. The molecule has 1 fully saturated rings. The van der Waals surface area contributed by atoms with Crippen molar-refractivity contribution in [3.8, 4) is 12.3 Å². The van der Waals surface area contributed by atoms with Crippen molar-refractivity contribution in [3.63, 3.8) is 0 Å². The van der Waals surface area contributed by atoms with Crippen molar-refractivity contribution in [2.75, 3.05) is 6.61 Å². The molecule has 1 N–H and O–H groups in total. The van der Waals surface area contributed by atoms with Crippen molar-refractivity contribution in [1.82, 2.24) is 5.32 Å². The molecule has 16 heavy (non-hydrogen) atoms. The topological polar surface area (TPSA) is 38.3 Å². The zero-order valence-electron chi connectivity index (χ0n) is 10.4. The van der Waals surface area contributed by atoms with Crippen molar-refractivity contribution in [3.05, 3.63) is 0 Å². The minimum Gasteiger partial charge on any atom is -0.378 e. The van der Waals surface area contributed by atoms with Crippen LogP contribution in [0.25, 0.3) is 0 Å². The van der Waals surface area contributed by atoms with Crippen LogP contribution in [0.1, 0.15) is 40.0 Å². The van der Waals surface area contributed by atoms with Gasteiger partial charge in [-0.25, -0.2) is 0 Å². The molecule has 0 unspecified atom stereocenters. The van der Waals surface area contributed by atoms with E-state index in [1.165, 1.54) is 0 Å². The first-order valence-electron chi connectivity index (χ1n) is 5.87. The first-order valence-corrected chi connectivity index (χ1v) is 5.87. The van der Waals surface area contributed by atoms with E-state index in [2.05, 4.69) is 11.2 Å². The van der Waals surface area contributed by atoms with Crippen LogP contribution in [0.4, 0.5) is 0 Å². The maximum absolute atomic E-state index is 11.6. The molecule has 1 aliphatic rings. The Morgan fingerprint density at radius 1 is 1.56 bits per heavy atom. The highest BCUT2D eigenvalue weighted by Gasteiger charge is 2.31. The number of nitrogens with one attached hydrogen (secondary N) is 1. The van der Waals surface area contributed by atoms with Gasteiger partial charge in [0.1, 0.15) is 0 Å². The fourth-order valence-corrected chi connectivity index (χ4v) is 1.91. The van der Waals surface area contributed by atoms with Crippen LogP contribution < -0.4 is 5.32 Å². The Hall–Kier alpha value is -1.01. The summed E-state index contributed by atoms with van der Waals surface area (Å²) in [5.41, 5.74) is -0.542. The molecular formula is C13H21NO2. The minimum atomic E-state index is -0.542. The predicted octanol–water partition coefficient (Wildman–Crippen LogP) is 1.72. The smallest absolute Gasteiger partial charge is 0.221 e. The number of terminal acetylenes is 1. The Morgan fingerprint density at radius 2 is 2.19 bits per heavy atom. The summed E-state index contributed by atoms with van der Waals surface area (Å²) in [4.78, 5) is 11.6. The number of carbonyl (C=O) groups is 1. The van der Waals surface area contributed by atoms with Gasteiger partial charge in [0, 0.05) is 13.0 Å². The van der Waals surface area contributed by atoms with E-state index in [1.807, 2.05) is 20.8 Å². The number of ether oxygens (including phenoxy) is 1. The lowest BCUT2D eigenvalue weighted by molar-refractivity contribution is -0.125. The van der Waals surface area contributed by atoms with Crippen molar-refractivity contribution < 1.29 is 9.53 Å². The Labute approximate surface area is 97.9 Å². The van der Waals surface area contributed by atoms with Crippen LogP contribution in [0, 0.1) is 18.3 Å². The summed E-state index contributed by atoms with van der Waals surface area (Å²) in [6, 6.07) is 0. The SMILES string of the molecule is C#CC(C)(C)NC(=O)CC1CC(OCC)C1. The van der Waals surface area contributed by atoms with E-state index >= 15 is 0 Å². The first kappa shape index (κ1) is 13.1. The number of amides is 1. The molecule has 1 amide bonds. The maximum atomic E-state index is 11.6. The van der Waals surface area contributed by atoms with Crippen LogP contribution >= 0.6 is 0 Å². The normalized spacial score (nSPS) is 24.4. The van der Waals surface area contributed by atoms with Crippen molar-refractivity contribution in [2.45, 2.75) is 51.7 Å². The van der Waals surface area contributed by atoms with Gasteiger partial charge in [-0.05, 0) is 39.5 Å².